The van der Waals surface area contributed by atoms with Crippen LogP contribution >= 0.6 is 0 Å². The predicted molar refractivity (Wildman–Crippen MR) is 119 cm³/mol. The smallest absolute Gasteiger partial charge is 0.156 e. The number of rotatable bonds is 7. The molecule has 0 unspecified atom stereocenters. The molecule has 0 aliphatic heterocycles. The van der Waals surface area contributed by atoms with Crippen molar-refractivity contribution in [3.8, 4) is 12.1 Å². The van der Waals surface area contributed by atoms with Crippen molar-refractivity contribution in [2.24, 2.45) is 0 Å². The standard InChI is InChI=1S/C24H19N7/c25-14-18-7-5-17(6-8-18)13-22-20-3-1-2-4-21(20)24(31-30-22)28-12-11-27-23-10-9-19(15-26)16-29-23/h1-10,16H,11-13H2,(H,27,29)(H,28,31). The fourth-order valence-electron chi connectivity index (χ4n) is 3.25. The molecule has 0 atom stereocenters. The van der Waals surface area contributed by atoms with Gasteiger partial charge in [0, 0.05) is 36.5 Å². The van der Waals surface area contributed by atoms with Gasteiger partial charge < -0.3 is 10.6 Å². The van der Waals surface area contributed by atoms with Crippen molar-refractivity contribution < 1.29 is 0 Å². The lowest BCUT2D eigenvalue weighted by Crippen LogP contribution is -2.15. The lowest BCUT2D eigenvalue weighted by atomic mass is 10.0. The Kier molecular flexibility index (Phi) is 5.97. The number of hydrogen-bond donors (Lipinski definition) is 2. The minimum atomic E-state index is 0.534. The van der Waals surface area contributed by atoms with Crippen LogP contribution in [0, 0.1) is 22.7 Å². The average molecular weight is 405 g/mol. The van der Waals surface area contributed by atoms with E-state index in [1.807, 2.05) is 48.5 Å². The van der Waals surface area contributed by atoms with E-state index < -0.39 is 0 Å². The zero-order valence-corrected chi connectivity index (χ0v) is 16.7. The molecule has 0 fully saturated rings. The topological polar surface area (TPSA) is 110 Å². The molecule has 7 heteroatoms. The Hall–Kier alpha value is -4.49. The highest BCUT2D eigenvalue weighted by atomic mass is 15.2. The molecule has 31 heavy (non-hydrogen) atoms. The monoisotopic (exact) mass is 405 g/mol. The third-order valence-corrected chi connectivity index (χ3v) is 4.83. The van der Waals surface area contributed by atoms with Crippen LogP contribution in [0.1, 0.15) is 22.4 Å². The molecular formula is C24H19N7. The Balaban J connectivity index is 1.44. The number of nitriles is 2. The first-order chi connectivity index (χ1) is 15.3. The summed E-state index contributed by atoms with van der Waals surface area (Å²) >= 11 is 0. The number of nitrogens with zero attached hydrogens (tertiary/aromatic N) is 5. The fraction of sp³-hybridized carbons (Fsp3) is 0.125. The van der Waals surface area contributed by atoms with Crippen LogP contribution in [0.4, 0.5) is 11.6 Å². The Morgan fingerprint density at radius 2 is 1.45 bits per heavy atom. The highest BCUT2D eigenvalue weighted by Gasteiger charge is 2.09. The Morgan fingerprint density at radius 3 is 2.16 bits per heavy atom. The Morgan fingerprint density at radius 1 is 0.742 bits per heavy atom. The van der Waals surface area contributed by atoms with E-state index >= 15 is 0 Å². The first-order valence-electron chi connectivity index (χ1n) is 9.84. The molecule has 0 aliphatic carbocycles. The highest BCUT2D eigenvalue weighted by Crippen LogP contribution is 2.24. The first kappa shape index (κ1) is 19.8. The highest BCUT2D eigenvalue weighted by molar-refractivity contribution is 5.93. The van der Waals surface area contributed by atoms with Crippen molar-refractivity contribution in [3.05, 3.63) is 89.2 Å². The molecule has 0 saturated carbocycles. The van der Waals surface area contributed by atoms with Gasteiger partial charge in [0.2, 0.25) is 0 Å². The summed E-state index contributed by atoms with van der Waals surface area (Å²) in [5.74, 6) is 1.45. The van der Waals surface area contributed by atoms with Gasteiger partial charge in [0.25, 0.3) is 0 Å². The number of pyridine rings is 1. The molecule has 150 valence electrons. The third kappa shape index (κ3) is 4.75. The van der Waals surface area contributed by atoms with Gasteiger partial charge in [0.15, 0.2) is 5.82 Å². The molecular weight excluding hydrogens is 386 g/mol. The lowest BCUT2D eigenvalue weighted by molar-refractivity contribution is 0.945. The van der Waals surface area contributed by atoms with Gasteiger partial charge in [-0.05, 0) is 29.8 Å². The van der Waals surface area contributed by atoms with Crippen LogP contribution in [-0.2, 0) is 6.42 Å². The summed E-state index contributed by atoms with van der Waals surface area (Å²) in [6, 6.07) is 23.3. The number of benzene rings is 2. The van der Waals surface area contributed by atoms with E-state index in [2.05, 4.69) is 38.0 Å². The quantitative estimate of drug-likeness (QED) is 0.449. The van der Waals surface area contributed by atoms with Crippen molar-refractivity contribution in [2.75, 3.05) is 23.7 Å². The number of anilines is 2. The van der Waals surface area contributed by atoms with E-state index in [1.165, 1.54) is 0 Å². The summed E-state index contributed by atoms with van der Waals surface area (Å²) in [6.07, 6.45) is 2.19. The summed E-state index contributed by atoms with van der Waals surface area (Å²) < 4.78 is 0. The molecule has 0 saturated heterocycles. The third-order valence-electron chi connectivity index (χ3n) is 4.83. The van der Waals surface area contributed by atoms with Crippen LogP contribution in [0.15, 0.2) is 66.9 Å². The van der Waals surface area contributed by atoms with Crippen LogP contribution in [0.3, 0.4) is 0 Å². The van der Waals surface area contributed by atoms with Gasteiger partial charge >= 0.3 is 0 Å². The summed E-state index contributed by atoms with van der Waals surface area (Å²) in [4.78, 5) is 4.20. The number of fused-ring (bicyclic) bond motifs is 1. The van der Waals surface area contributed by atoms with E-state index in [0.29, 0.717) is 30.6 Å². The predicted octanol–water partition coefficient (Wildman–Crippen LogP) is 3.88. The first-order valence-corrected chi connectivity index (χ1v) is 9.84. The van der Waals surface area contributed by atoms with E-state index in [4.69, 9.17) is 10.5 Å². The second-order valence-electron chi connectivity index (χ2n) is 6.92. The van der Waals surface area contributed by atoms with Crippen LogP contribution in [-0.4, -0.2) is 28.3 Å². The molecule has 0 amide bonds. The van der Waals surface area contributed by atoms with Crippen LogP contribution in [0.25, 0.3) is 10.8 Å². The molecule has 4 aromatic rings. The lowest BCUT2D eigenvalue weighted by Gasteiger charge is -2.12. The maximum Gasteiger partial charge on any atom is 0.156 e. The zero-order chi connectivity index (χ0) is 21.5. The normalized spacial score (nSPS) is 10.3. The minimum absolute atomic E-state index is 0.534. The number of aromatic nitrogens is 3. The summed E-state index contributed by atoms with van der Waals surface area (Å²) in [7, 11) is 0. The van der Waals surface area contributed by atoms with Crippen molar-refractivity contribution in [1.82, 2.24) is 15.2 Å². The van der Waals surface area contributed by atoms with Crippen LogP contribution < -0.4 is 10.6 Å². The SMILES string of the molecule is N#Cc1ccc(Cc2nnc(NCCNc3ccc(C#N)cn3)c3ccccc23)cc1. The molecule has 2 aromatic carbocycles. The summed E-state index contributed by atoms with van der Waals surface area (Å²) in [6.45, 7) is 1.28. The maximum atomic E-state index is 8.97. The number of hydrogen-bond acceptors (Lipinski definition) is 7. The molecule has 7 nitrogen and oxygen atoms in total. The maximum absolute atomic E-state index is 8.97. The van der Waals surface area contributed by atoms with Crippen molar-refractivity contribution in [2.45, 2.75) is 6.42 Å². The molecule has 2 aromatic heterocycles. The van der Waals surface area contributed by atoms with Crippen LogP contribution in [0.5, 0.6) is 0 Å². The molecule has 2 N–H and O–H groups in total. The van der Waals surface area contributed by atoms with E-state index in [1.54, 1.807) is 18.3 Å². The van der Waals surface area contributed by atoms with Gasteiger partial charge in [0.1, 0.15) is 11.9 Å². The zero-order valence-electron chi connectivity index (χ0n) is 16.7. The van der Waals surface area contributed by atoms with Gasteiger partial charge in [-0.1, -0.05) is 36.4 Å². The van der Waals surface area contributed by atoms with E-state index in [-0.39, 0.29) is 0 Å². The second kappa shape index (κ2) is 9.34. The van der Waals surface area contributed by atoms with Crippen molar-refractivity contribution in [3.63, 3.8) is 0 Å². The Labute approximate surface area is 180 Å². The fourth-order valence-corrected chi connectivity index (χ4v) is 3.25. The molecule has 0 bridgehead atoms. The molecule has 0 aliphatic rings. The summed E-state index contributed by atoms with van der Waals surface area (Å²) in [5, 5.41) is 35.3. The Bertz CT molecular complexity index is 1270. The minimum Gasteiger partial charge on any atom is -0.368 e. The van der Waals surface area contributed by atoms with E-state index in [0.717, 1.165) is 33.7 Å². The number of nitrogens with one attached hydrogen (secondary N) is 2. The largest absolute Gasteiger partial charge is 0.368 e. The summed E-state index contributed by atoms with van der Waals surface area (Å²) in [5.41, 5.74) is 3.15. The van der Waals surface area contributed by atoms with Gasteiger partial charge in [0.05, 0.1) is 22.9 Å². The molecule has 2 heterocycles. The van der Waals surface area contributed by atoms with Crippen molar-refractivity contribution >= 4 is 22.4 Å². The molecule has 4 rings (SSSR count). The van der Waals surface area contributed by atoms with Gasteiger partial charge in [-0.2, -0.15) is 15.6 Å². The van der Waals surface area contributed by atoms with Gasteiger partial charge in [-0.25, -0.2) is 4.98 Å². The van der Waals surface area contributed by atoms with Crippen LogP contribution in [0.2, 0.25) is 0 Å². The van der Waals surface area contributed by atoms with Crippen molar-refractivity contribution in [1.29, 1.82) is 10.5 Å². The van der Waals surface area contributed by atoms with E-state index in [9.17, 15) is 0 Å². The van der Waals surface area contributed by atoms with Gasteiger partial charge in [-0.3, -0.25) is 0 Å². The average Bonchev–Trinajstić information content (AvgIpc) is 2.83. The molecule has 0 radical (unpaired) electrons. The second-order valence-corrected chi connectivity index (χ2v) is 6.92. The van der Waals surface area contributed by atoms with Gasteiger partial charge in [-0.15, -0.1) is 5.10 Å². The molecule has 0 spiro atoms.